The first-order chi connectivity index (χ1) is 16.5. The van der Waals surface area contributed by atoms with Crippen LogP contribution < -0.4 is 15.0 Å². The zero-order valence-electron chi connectivity index (χ0n) is 19.2. The number of ether oxygens (including phenoxy) is 1. The number of nitrogens with one attached hydrogen (secondary N) is 1. The number of benzene rings is 2. The van der Waals surface area contributed by atoms with E-state index in [9.17, 15) is 14.9 Å². The molecule has 0 spiro atoms. The van der Waals surface area contributed by atoms with Crippen LogP contribution in [0.25, 0.3) is 0 Å². The maximum absolute atomic E-state index is 13.1. The quantitative estimate of drug-likeness (QED) is 0.417. The summed E-state index contributed by atoms with van der Waals surface area (Å²) in [7, 11) is 1.63. The van der Waals surface area contributed by atoms with Gasteiger partial charge in [0.1, 0.15) is 11.4 Å². The fourth-order valence-corrected chi connectivity index (χ4v) is 4.02. The second kappa shape index (κ2) is 10.2. The van der Waals surface area contributed by atoms with Crippen molar-refractivity contribution in [1.29, 1.82) is 0 Å². The van der Waals surface area contributed by atoms with Crippen LogP contribution >= 0.6 is 0 Å². The maximum atomic E-state index is 13.1. The Hall–Kier alpha value is -4.14. The van der Waals surface area contributed by atoms with Gasteiger partial charge in [0.2, 0.25) is 0 Å². The number of nitro benzene ring substituents is 1. The number of nitro groups is 1. The molecule has 1 aliphatic rings. The molecule has 1 N–H and O–H groups in total. The molecule has 1 saturated heterocycles. The van der Waals surface area contributed by atoms with Gasteiger partial charge in [0.15, 0.2) is 0 Å². The Kier molecular flexibility index (Phi) is 6.91. The van der Waals surface area contributed by atoms with Crippen LogP contribution in [-0.4, -0.2) is 54.0 Å². The molecule has 2 heterocycles. The van der Waals surface area contributed by atoms with E-state index in [2.05, 4.69) is 15.2 Å². The fourth-order valence-electron chi connectivity index (χ4n) is 4.02. The highest BCUT2D eigenvalue weighted by Crippen LogP contribution is 2.30. The van der Waals surface area contributed by atoms with Crippen LogP contribution in [0.15, 0.2) is 66.9 Å². The van der Waals surface area contributed by atoms with E-state index in [1.54, 1.807) is 30.3 Å². The van der Waals surface area contributed by atoms with Gasteiger partial charge in [0, 0.05) is 49.7 Å². The number of carbonyl (C=O) groups excluding carboxylic acids is 1. The molecule has 1 atom stereocenters. The molecule has 34 heavy (non-hydrogen) atoms. The average molecular weight is 462 g/mol. The number of aromatic nitrogens is 1. The molecule has 1 unspecified atom stereocenters. The van der Waals surface area contributed by atoms with E-state index in [0.29, 0.717) is 37.4 Å². The number of nitrogens with zero attached hydrogens (tertiary/aromatic N) is 4. The molecule has 176 valence electrons. The lowest BCUT2D eigenvalue weighted by atomic mass is 10.1. The molecule has 4 rings (SSSR count). The van der Waals surface area contributed by atoms with Crippen LogP contribution in [0.5, 0.6) is 5.75 Å². The minimum Gasteiger partial charge on any atom is -0.497 e. The van der Waals surface area contributed by atoms with Crippen molar-refractivity contribution in [1.82, 2.24) is 9.88 Å². The second-order valence-corrected chi connectivity index (χ2v) is 8.09. The maximum Gasteiger partial charge on any atom is 0.293 e. The van der Waals surface area contributed by atoms with E-state index >= 15 is 0 Å². The molecular weight excluding hydrogens is 434 g/mol. The van der Waals surface area contributed by atoms with Gasteiger partial charge in [-0.15, -0.1) is 0 Å². The van der Waals surface area contributed by atoms with Crippen LogP contribution in [0.1, 0.15) is 29.0 Å². The highest BCUT2D eigenvalue weighted by molar-refractivity contribution is 5.96. The van der Waals surface area contributed by atoms with Crippen LogP contribution in [-0.2, 0) is 0 Å². The Morgan fingerprint density at radius 1 is 1.09 bits per heavy atom. The van der Waals surface area contributed by atoms with E-state index in [1.165, 1.54) is 6.07 Å². The van der Waals surface area contributed by atoms with E-state index < -0.39 is 4.92 Å². The van der Waals surface area contributed by atoms with Crippen LogP contribution in [0.4, 0.5) is 17.1 Å². The van der Waals surface area contributed by atoms with Gasteiger partial charge in [-0.2, -0.15) is 0 Å². The molecule has 0 saturated carbocycles. The summed E-state index contributed by atoms with van der Waals surface area (Å²) in [5, 5.41) is 14.9. The normalized spacial score (nSPS) is 14.4. The number of pyridine rings is 1. The number of carbonyl (C=O) groups is 1. The van der Waals surface area contributed by atoms with Gasteiger partial charge >= 0.3 is 0 Å². The zero-order chi connectivity index (χ0) is 24.1. The van der Waals surface area contributed by atoms with E-state index in [4.69, 9.17) is 4.74 Å². The minimum absolute atomic E-state index is 0.134. The number of methoxy groups -OCH3 is 1. The summed E-state index contributed by atoms with van der Waals surface area (Å²) in [5.74, 6) is 0.591. The first kappa shape index (κ1) is 23.0. The van der Waals surface area contributed by atoms with Gasteiger partial charge in [-0.1, -0.05) is 6.07 Å². The average Bonchev–Trinajstić information content (AvgIpc) is 2.89. The predicted octanol–water partition coefficient (Wildman–Crippen LogP) is 4.13. The van der Waals surface area contributed by atoms with Crippen molar-refractivity contribution >= 4 is 23.0 Å². The molecule has 9 nitrogen and oxygen atoms in total. The number of piperazine rings is 1. The predicted molar refractivity (Wildman–Crippen MR) is 130 cm³/mol. The third kappa shape index (κ3) is 5.09. The van der Waals surface area contributed by atoms with Crippen molar-refractivity contribution in [2.45, 2.75) is 13.0 Å². The van der Waals surface area contributed by atoms with Gasteiger partial charge in [-0.05, 0) is 55.5 Å². The lowest BCUT2D eigenvalue weighted by Gasteiger charge is -2.36. The number of hydrogen-bond acceptors (Lipinski definition) is 7. The standard InChI is InChI=1S/C25H27N5O4/c1-18(22-5-3-4-12-26-22)27-23-11-6-19(17-24(23)30(32)33)25(31)29-15-13-28(14-16-29)20-7-9-21(34-2)10-8-20/h3-12,17-18,27H,13-16H2,1-2H3. The van der Waals surface area contributed by atoms with Crippen molar-refractivity contribution in [2.75, 3.05) is 43.5 Å². The van der Waals surface area contributed by atoms with Gasteiger partial charge < -0.3 is 19.9 Å². The molecule has 0 radical (unpaired) electrons. The Morgan fingerprint density at radius 2 is 1.82 bits per heavy atom. The summed E-state index contributed by atoms with van der Waals surface area (Å²) >= 11 is 0. The summed E-state index contributed by atoms with van der Waals surface area (Å²) < 4.78 is 5.21. The molecule has 9 heteroatoms. The van der Waals surface area contributed by atoms with Crippen molar-refractivity contribution in [3.05, 3.63) is 88.2 Å². The van der Waals surface area contributed by atoms with Crippen LogP contribution in [0.2, 0.25) is 0 Å². The minimum atomic E-state index is -0.466. The number of rotatable bonds is 7. The summed E-state index contributed by atoms with van der Waals surface area (Å²) in [6.45, 7) is 4.32. The molecule has 0 aliphatic carbocycles. The van der Waals surface area contributed by atoms with E-state index in [0.717, 1.165) is 17.1 Å². The van der Waals surface area contributed by atoms with Gasteiger partial charge in [0.05, 0.1) is 23.8 Å². The van der Waals surface area contributed by atoms with E-state index in [1.807, 2.05) is 49.4 Å². The van der Waals surface area contributed by atoms with Gasteiger partial charge in [0.25, 0.3) is 11.6 Å². The molecule has 3 aromatic rings. The summed E-state index contributed by atoms with van der Waals surface area (Å²) in [4.78, 5) is 32.6. The van der Waals surface area contributed by atoms with Crippen molar-refractivity contribution in [3.63, 3.8) is 0 Å². The van der Waals surface area contributed by atoms with Crippen molar-refractivity contribution in [3.8, 4) is 5.75 Å². The molecule has 1 aliphatic heterocycles. The number of anilines is 2. The number of hydrogen-bond donors (Lipinski definition) is 1. The lowest BCUT2D eigenvalue weighted by Crippen LogP contribution is -2.48. The Labute approximate surface area is 198 Å². The summed E-state index contributed by atoms with van der Waals surface area (Å²) in [5.41, 5.74) is 2.36. The highest BCUT2D eigenvalue weighted by atomic mass is 16.6. The largest absolute Gasteiger partial charge is 0.497 e. The molecular formula is C25H27N5O4. The Balaban J connectivity index is 1.44. The summed E-state index contributed by atoms with van der Waals surface area (Å²) in [6.07, 6.45) is 1.68. The van der Waals surface area contributed by atoms with Crippen LogP contribution in [0, 0.1) is 10.1 Å². The van der Waals surface area contributed by atoms with Crippen molar-refractivity contribution in [2.24, 2.45) is 0 Å². The van der Waals surface area contributed by atoms with Crippen molar-refractivity contribution < 1.29 is 14.5 Å². The Bertz CT molecular complexity index is 1150. The highest BCUT2D eigenvalue weighted by Gasteiger charge is 2.25. The SMILES string of the molecule is COc1ccc(N2CCN(C(=O)c3ccc(NC(C)c4ccccn4)c([N+](=O)[O-])c3)CC2)cc1. The third-order valence-electron chi connectivity index (χ3n) is 5.95. The zero-order valence-corrected chi connectivity index (χ0v) is 19.2. The first-order valence-electron chi connectivity index (χ1n) is 11.1. The van der Waals surface area contributed by atoms with Gasteiger partial charge in [-0.3, -0.25) is 19.9 Å². The Morgan fingerprint density at radius 3 is 2.44 bits per heavy atom. The van der Waals surface area contributed by atoms with Gasteiger partial charge in [-0.25, -0.2) is 0 Å². The fraction of sp³-hybridized carbons (Fsp3) is 0.280. The molecule has 1 amide bonds. The molecule has 1 fully saturated rings. The molecule has 2 aromatic carbocycles. The lowest BCUT2D eigenvalue weighted by molar-refractivity contribution is -0.384. The summed E-state index contributed by atoms with van der Waals surface area (Å²) in [6, 6.07) is 17.7. The first-order valence-corrected chi connectivity index (χ1v) is 11.1. The molecule has 1 aromatic heterocycles. The monoisotopic (exact) mass is 461 g/mol. The second-order valence-electron chi connectivity index (χ2n) is 8.09. The third-order valence-corrected chi connectivity index (χ3v) is 5.95. The molecule has 0 bridgehead atoms. The van der Waals surface area contributed by atoms with E-state index in [-0.39, 0.29) is 17.6 Å². The number of amides is 1. The smallest absolute Gasteiger partial charge is 0.293 e. The topological polar surface area (TPSA) is 101 Å². The van der Waals surface area contributed by atoms with Crippen LogP contribution in [0.3, 0.4) is 0 Å².